The van der Waals surface area contributed by atoms with Crippen LogP contribution in [0.15, 0.2) is 51.7 Å². The third-order valence-electron chi connectivity index (χ3n) is 5.35. The molecule has 9 heteroatoms. The van der Waals surface area contributed by atoms with E-state index in [2.05, 4.69) is 10.2 Å². The molecule has 2 aromatic heterocycles. The van der Waals surface area contributed by atoms with Crippen molar-refractivity contribution in [2.24, 2.45) is 0 Å². The van der Waals surface area contributed by atoms with Crippen LogP contribution < -0.4 is 19.8 Å². The summed E-state index contributed by atoms with van der Waals surface area (Å²) in [5.41, 5.74) is 1.00. The fourth-order valence-corrected chi connectivity index (χ4v) is 4.72. The van der Waals surface area contributed by atoms with Gasteiger partial charge in [0.15, 0.2) is 5.43 Å². The third kappa shape index (κ3) is 3.54. The maximum absolute atomic E-state index is 13.7. The van der Waals surface area contributed by atoms with Crippen LogP contribution in [0.2, 0.25) is 0 Å². The number of rotatable bonds is 5. The van der Waals surface area contributed by atoms with Gasteiger partial charge in [0.05, 0.1) is 30.2 Å². The molecule has 0 saturated heterocycles. The zero-order valence-corrected chi connectivity index (χ0v) is 19.3. The van der Waals surface area contributed by atoms with Gasteiger partial charge in [0, 0.05) is 6.07 Å². The van der Waals surface area contributed by atoms with E-state index in [0.717, 1.165) is 0 Å². The molecular formula is C24H21N3O5S. The van der Waals surface area contributed by atoms with Crippen LogP contribution in [0.25, 0.3) is 11.0 Å². The van der Waals surface area contributed by atoms with Crippen molar-refractivity contribution < 1.29 is 18.7 Å². The minimum Gasteiger partial charge on any atom is -0.497 e. The van der Waals surface area contributed by atoms with E-state index in [0.29, 0.717) is 32.6 Å². The summed E-state index contributed by atoms with van der Waals surface area (Å²) in [5, 5.41) is 9.72. The minimum absolute atomic E-state index is 0.00575. The van der Waals surface area contributed by atoms with Crippen LogP contribution in [-0.4, -0.2) is 29.3 Å². The van der Waals surface area contributed by atoms with Crippen LogP contribution in [0.3, 0.4) is 0 Å². The number of benzene rings is 2. The number of nitrogens with zero attached hydrogens (tertiary/aromatic N) is 3. The van der Waals surface area contributed by atoms with Crippen molar-refractivity contribution in [2.45, 2.75) is 32.9 Å². The Kier molecular flexibility index (Phi) is 5.13. The summed E-state index contributed by atoms with van der Waals surface area (Å²) in [6.07, 6.45) is -0.0244. The van der Waals surface area contributed by atoms with Crippen molar-refractivity contribution in [3.8, 4) is 11.5 Å². The first-order valence-corrected chi connectivity index (χ1v) is 11.2. The number of anilines is 1. The van der Waals surface area contributed by atoms with Gasteiger partial charge in [-0.2, -0.15) is 0 Å². The average Bonchev–Trinajstić information content (AvgIpc) is 3.34. The van der Waals surface area contributed by atoms with Gasteiger partial charge in [-0.15, -0.1) is 10.2 Å². The van der Waals surface area contributed by atoms with Gasteiger partial charge in [-0.25, -0.2) is 0 Å². The molecule has 33 heavy (non-hydrogen) atoms. The first kappa shape index (κ1) is 21.1. The summed E-state index contributed by atoms with van der Waals surface area (Å²) in [5.74, 6) is 0.728. The molecule has 5 rings (SSSR count). The van der Waals surface area contributed by atoms with E-state index < -0.39 is 11.9 Å². The Morgan fingerprint density at radius 1 is 1.09 bits per heavy atom. The van der Waals surface area contributed by atoms with E-state index in [9.17, 15) is 9.59 Å². The summed E-state index contributed by atoms with van der Waals surface area (Å²) >= 11 is 1.28. The molecule has 1 aliphatic heterocycles. The molecule has 168 valence electrons. The van der Waals surface area contributed by atoms with Crippen molar-refractivity contribution in [3.05, 3.63) is 74.6 Å². The smallest absolute Gasteiger partial charge is 0.297 e. The van der Waals surface area contributed by atoms with Gasteiger partial charge < -0.3 is 13.9 Å². The highest BCUT2D eigenvalue weighted by molar-refractivity contribution is 7.15. The molecule has 1 aliphatic rings. The Morgan fingerprint density at radius 3 is 2.61 bits per heavy atom. The molecule has 4 aromatic rings. The van der Waals surface area contributed by atoms with Crippen molar-refractivity contribution in [3.63, 3.8) is 0 Å². The van der Waals surface area contributed by atoms with Gasteiger partial charge in [0.1, 0.15) is 22.1 Å². The molecule has 0 bridgehead atoms. The van der Waals surface area contributed by atoms with E-state index in [4.69, 9.17) is 13.9 Å². The van der Waals surface area contributed by atoms with E-state index >= 15 is 0 Å². The Morgan fingerprint density at radius 2 is 1.91 bits per heavy atom. The van der Waals surface area contributed by atoms with Gasteiger partial charge in [-0.05, 0) is 50.6 Å². The molecule has 8 nitrogen and oxygen atoms in total. The zero-order chi connectivity index (χ0) is 23.3. The predicted molar refractivity (Wildman–Crippen MR) is 125 cm³/mol. The predicted octanol–water partition coefficient (Wildman–Crippen LogP) is 4.50. The normalized spacial score (nSPS) is 15.4. The molecule has 0 saturated carbocycles. The first-order valence-electron chi connectivity index (χ1n) is 10.4. The molecule has 3 heterocycles. The monoisotopic (exact) mass is 463 g/mol. The second-order valence-corrected chi connectivity index (χ2v) is 9.12. The van der Waals surface area contributed by atoms with Crippen LogP contribution >= 0.6 is 11.3 Å². The Labute approximate surface area is 193 Å². The molecule has 0 spiro atoms. The van der Waals surface area contributed by atoms with Gasteiger partial charge in [0.2, 0.25) is 10.9 Å². The molecule has 0 N–H and O–H groups in total. The Balaban J connectivity index is 1.76. The van der Waals surface area contributed by atoms with Crippen LogP contribution in [0.5, 0.6) is 11.5 Å². The van der Waals surface area contributed by atoms with Crippen molar-refractivity contribution in [1.29, 1.82) is 0 Å². The lowest BCUT2D eigenvalue weighted by Gasteiger charge is -2.22. The third-order valence-corrected chi connectivity index (χ3v) is 6.18. The summed E-state index contributed by atoms with van der Waals surface area (Å²) in [6.45, 7) is 5.68. The number of amides is 1. The van der Waals surface area contributed by atoms with Crippen molar-refractivity contribution >= 4 is 33.3 Å². The number of carbonyl (C=O) groups excluding carboxylic acids is 1. The average molecular weight is 464 g/mol. The van der Waals surface area contributed by atoms with E-state index in [-0.39, 0.29) is 28.4 Å². The van der Waals surface area contributed by atoms with Gasteiger partial charge in [-0.3, -0.25) is 14.5 Å². The lowest BCUT2D eigenvalue weighted by Crippen LogP contribution is -2.29. The van der Waals surface area contributed by atoms with Gasteiger partial charge in [-0.1, -0.05) is 23.5 Å². The molecule has 0 aliphatic carbocycles. The molecule has 0 fully saturated rings. The summed E-state index contributed by atoms with van der Waals surface area (Å²) in [6, 6.07) is 11.6. The first-order chi connectivity index (χ1) is 15.9. The van der Waals surface area contributed by atoms with Gasteiger partial charge >= 0.3 is 0 Å². The number of ether oxygens (including phenoxy) is 2. The molecule has 1 atom stereocenters. The maximum Gasteiger partial charge on any atom is 0.297 e. The molecule has 2 aromatic carbocycles. The number of hydrogen-bond acceptors (Lipinski definition) is 8. The van der Waals surface area contributed by atoms with Crippen LogP contribution in [-0.2, 0) is 0 Å². The lowest BCUT2D eigenvalue weighted by molar-refractivity contribution is 0.0970. The van der Waals surface area contributed by atoms with Crippen LogP contribution in [0, 0.1) is 6.92 Å². The zero-order valence-electron chi connectivity index (χ0n) is 18.5. The summed E-state index contributed by atoms with van der Waals surface area (Å²) < 4.78 is 17.1. The van der Waals surface area contributed by atoms with Crippen molar-refractivity contribution in [1.82, 2.24) is 10.2 Å². The SMILES string of the molecule is COc1ccc2c(=O)c3c(oc2c1)C(=O)N(c1nnc(C)s1)C3c1cccc(OC(C)C)c1. The molecular weight excluding hydrogens is 442 g/mol. The lowest BCUT2D eigenvalue weighted by atomic mass is 9.98. The van der Waals surface area contributed by atoms with Gasteiger partial charge in [0.25, 0.3) is 5.91 Å². The van der Waals surface area contributed by atoms with E-state index in [1.165, 1.54) is 23.3 Å². The second-order valence-electron chi connectivity index (χ2n) is 7.96. The van der Waals surface area contributed by atoms with Crippen molar-refractivity contribution in [2.75, 3.05) is 12.0 Å². The Bertz CT molecular complexity index is 1440. The molecule has 1 amide bonds. The number of aromatic nitrogens is 2. The molecule has 0 radical (unpaired) electrons. The van der Waals surface area contributed by atoms with Crippen LogP contribution in [0.4, 0.5) is 5.13 Å². The fraction of sp³-hybridized carbons (Fsp3) is 0.250. The van der Waals surface area contributed by atoms with E-state index in [1.807, 2.05) is 45.0 Å². The number of hydrogen-bond donors (Lipinski definition) is 0. The second kappa shape index (κ2) is 8.00. The number of carbonyl (C=O) groups is 1. The number of fused-ring (bicyclic) bond motifs is 2. The standard InChI is InChI=1S/C24H21N3O5S/c1-12(2)31-16-7-5-6-14(10-16)20-19-21(28)17-9-8-15(30-4)11-18(17)32-22(19)23(29)27(20)24-26-25-13(3)33-24/h5-12,20H,1-4H3. The summed E-state index contributed by atoms with van der Waals surface area (Å²) in [4.78, 5) is 28.7. The van der Waals surface area contributed by atoms with Crippen LogP contribution in [0.1, 0.15) is 46.6 Å². The summed E-state index contributed by atoms with van der Waals surface area (Å²) in [7, 11) is 1.53. The Hall–Kier alpha value is -3.72. The highest BCUT2D eigenvalue weighted by Crippen LogP contribution is 2.42. The van der Waals surface area contributed by atoms with E-state index in [1.54, 1.807) is 18.2 Å². The quantitative estimate of drug-likeness (QED) is 0.430. The highest BCUT2D eigenvalue weighted by atomic mass is 32.1. The number of aryl methyl sites for hydroxylation is 1. The highest BCUT2D eigenvalue weighted by Gasteiger charge is 2.45. The minimum atomic E-state index is -0.724. The molecule has 1 unspecified atom stereocenters. The fourth-order valence-electron chi connectivity index (χ4n) is 4.00. The topological polar surface area (TPSA) is 94.8 Å². The largest absolute Gasteiger partial charge is 0.497 e. The number of methoxy groups -OCH3 is 1. The maximum atomic E-state index is 13.7.